The maximum Gasteiger partial charge on any atom is 0.0202 e. The van der Waals surface area contributed by atoms with Gasteiger partial charge >= 0.3 is 0 Å². The first-order chi connectivity index (χ1) is 4.70. The standard InChI is InChI=1S/C10H18/c1-5-7-10(6-2)8-9(3)4/h2,9-10H,5,7-8H2,1,3-4H3. The van der Waals surface area contributed by atoms with Crippen LogP contribution >= 0.6 is 0 Å². The second-order valence-corrected chi connectivity index (χ2v) is 3.28. The Hall–Kier alpha value is -0.440. The van der Waals surface area contributed by atoms with Crippen LogP contribution in [0.4, 0.5) is 0 Å². The van der Waals surface area contributed by atoms with E-state index in [-0.39, 0.29) is 0 Å². The van der Waals surface area contributed by atoms with Crippen molar-refractivity contribution in [2.75, 3.05) is 0 Å². The number of hydrogen-bond donors (Lipinski definition) is 0. The van der Waals surface area contributed by atoms with Crippen LogP contribution in [0.1, 0.15) is 40.0 Å². The van der Waals surface area contributed by atoms with Crippen LogP contribution < -0.4 is 0 Å². The highest BCUT2D eigenvalue weighted by molar-refractivity contribution is 4.92. The summed E-state index contributed by atoms with van der Waals surface area (Å²) in [4.78, 5) is 0. The molecule has 58 valence electrons. The summed E-state index contributed by atoms with van der Waals surface area (Å²) in [6, 6.07) is 0. The third-order valence-electron chi connectivity index (χ3n) is 1.63. The van der Waals surface area contributed by atoms with E-state index in [0.717, 1.165) is 5.92 Å². The molecule has 0 aliphatic rings. The quantitative estimate of drug-likeness (QED) is 0.524. The molecule has 0 heteroatoms. The van der Waals surface area contributed by atoms with Crippen molar-refractivity contribution in [2.24, 2.45) is 11.8 Å². The average Bonchev–Trinajstić information content (AvgIpc) is 1.86. The first-order valence-corrected chi connectivity index (χ1v) is 4.16. The van der Waals surface area contributed by atoms with E-state index >= 15 is 0 Å². The van der Waals surface area contributed by atoms with E-state index in [2.05, 4.69) is 26.7 Å². The van der Waals surface area contributed by atoms with E-state index in [1.54, 1.807) is 0 Å². The van der Waals surface area contributed by atoms with Gasteiger partial charge in [0.25, 0.3) is 0 Å². The molecule has 0 aliphatic carbocycles. The van der Waals surface area contributed by atoms with Crippen molar-refractivity contribution in [1.82, 2.24) is 0 Å². The SMILES string of the molecule is C#CC(CCC)CC(C)C. The van der Waals surface area contributed by atoms with Gasteiger partial charge in [0.1, 0.15) is 0 Å². The summed E-state index contributed by atoms with van der Waals surface area (Å²) in [5, 5.41) is 0. The topological polar surface area (TPSA) is 0 Å². The highest BCUT2D eigenvalue weighted by Gasteiger charge is 2.05. The van der Waals surface area contributed by atoms with Crippen molar-refractivity contribution in [3.8, 4) is 12.3 Å². The molecule has 0 N–H and O–H groups in total. The fraction of sp³-hybridized carbons (Fsp3) is 0.800. The first-order valence-electron chi connectivity index (χ1n) is 4.16. The van der Waals surface area contributed by atoms with Gasteiger partial charge in [0.2, 0.25) is 0 Å². The number of terminal acetylenes is 1. The maximum absolute atomic E-state index is 5.36. The van der Waals surface area contributed by atoms with Gasteiger partial charge in [-0.2, -0.15) is 0 Å². The van der Waals surface area contributed by atoms with Crippen LogP contribution in [-0.2, 0) is 0 Å². The number of rotatable bonds is 4. The summed E-state index contributed by atoms with van der Waals surface area (Å²) in [6.45, 7) is 6.63. The predicted molar refractivity (Wildman–Crippen MR) is 46.7 cm³/mol. The van der Waals surface area contributed by atoms with E-state index in [4.69, 9.17) is 6.42 Å². The maximum atomic E-state index is 5.36. The lowest BCUT2D eigenvalue weighted by molar-refractivity contribution is 0.460. The van der Waals surface area contributed by atoms with Crippen LogP contribution in [0.2, 0.25) is 0 Å². The fourth-order valence-electron chi connectivity index (χ4n) is 1.19. The molecule has 10 heavy (non-hydrogen) atoms. The Morgan fingerprint density at radius 3 is 2.30 bits per heavy atom. The summed E-state index contributed by atoms with van der Waals surface area (Å²) in [5.41, 5.74) is 0. The summed E-state index contributed by atoms with van der Waals surface area (Å²) in [7, 11) is 0. The Morgan fingerprint density at radius 2 is 2.00 bits per heavy atom. The minimum atomic E-state index is 0.519. The summed E-state index contributed by atoms with van der Waals surface area (Å²) in [6.07, 6.45) is 8.94. The normalized spacial score (nSPS) is 13.1. The van der Waals surface area contributed by atoms with Gasteiger partial charge in [-0.1, -0.05) is 27.2 Å². The molecule has 0 spiro atoms. The molecule has 0 fully saturated rings. The molecule has 0 saturated heterocycles. The van der Waals surface area contributed by atoms with E-state index in [1.807, 2.05) is 0 Å². The smallest absolute Gasteiger partial charge is 0.0202 e. The molecule has 0 heterocycles. The zero-order valence-corrected chi connectivity index (χ0v) is 7.35. The second-order valence-electron chi connectivity index (χ2n) is 3.28. The van der Waals surface area contributed by atoms with E-state index in [1.165, 1.54) is 19.3 Å². The van der Waals surface area contributed by atoms with E-state index in [0.29, 0.717) is 5.92 Å². The molecule has 0 amide bonds. The fourth-order valence-corrected chi connectivity index (χ4v) is 1.19. The van der Waals surface area contributed by atoms with Gasteiger partial charge in [-0.05, 0) is 18.8 Å². The minimum Gasteiger partial charge on any atom is -0.120 e. The van der Waals surface area contributed by atoms with Gasteiger partial charge in [-0.3, -0.25) is 0 Å². The Kier molecular flexibility index (Phi) is 5.12. The monoisotopic (exact) mass is 138 g/mol. The number of hydrogen-bond acceptors (Lipinski definition) is 0. The highest BCUT2D eigenvalue weighted by Crippen LogP contribution is 2.15. The molecule has 1 atom stereocenters. The van der Waals surface area contributed by atoms with Crippen molar-refractivity contribution in [2.45, 2.75) is 40.0 Å². The van der Waals surface area contributed by atoms with Gasteiger partial charge in [0.05, 0.1) is 0 Å². The molecule has 0 radical (unpaired) electrons. The second kappa shape index (κ2) is 5.35. The van der Waals surface area contributed by atoms with Gasteiger partial charge < -0.3 is 0 Å². The van der Waals surface area contributed by atoms with Crippen molar-refractivity contribution in [1.29, 1.82) is 0 Å². The van der Waals surface area contributed by atoms with Crippen LogP contribution in [0.15, 0.2) is 0 Å². The summed E-state index contributed by atoms with van der Waals surface area (Å²) >= 11 is 0. The van der Waals surface area contributed by atoms with Crippen molar-refractivity contribution in [3.63, 3.8) is 0 Å². The molecule has 0 aromatic carbocycles. The molecule has 1 unspecified atom stereocenters. The zero-order chi connectivity index (χ0) is 7.98. The van der Waals surface area contributed by atoms with Crippen LogP contribution in [0, 0.1) is 24.2 Å². The largest absolute Gasteiger partial charge is 0.120 e. The van der Waals surface area contributed by atoms with Gasteiger partial charge in [0.15, 0.2) is 0 Å². The zero-order valence-electron chi connectivity index (χ0n) is 7.35. The lowest BCUT2D eigenvalue weighted by atomic mass is 9.94. The lowest BCUT2D eigenvalue weighted by Gasteiger charge is -2.10. The highest BCUT2D eigenvalue weighted by atomic mass is 14.1. The van der Waals surface area contributed by atoms with Crippen LogP contribution in [0.3, 0.4) is 0 Å². The lowest BCUT2D eigenvalue weighted by Crippen LogP contribution is -2.00. The molecule has 0 saturated carbocycles. The third kappa shape index (κ3) is 4.44. The third-order valence-corrected chi connectivity index (χ3v) is 1.63. The van der Waals surface area contributed by atoms with Crippen LogP contribution in [0.5, 0.6) is 0 Å². The molecule has 0 aliphatic heterocycles. The molecular formula is C10H18. The first kappa shape index (κ1) is 9.56. The Balaban J connectivity index is 3.52. The molecule has 0 aromatic rings. The predicted octanol–water partition coefficient (Wildman–Crippen LogP) is 3.08. The van der Waals surface area contributed by atoms with Gasteiger partial charge in [-0.15, -0.1) is 12.3 Å². The minimum absolute atomic E-state index is 0.519. The Bertz CT molecular complexity index is 106. The van der Waals surface area contributed by atoms with Gasteiger partial charge in [-0.25, -0.2) is 0 Å². The van der Waals surface area contributed by atoms with Crippen molar-refractivity contribution in [3.05, 3.63) is 0 Å². The Morgan fingerprint density at radius 1 is 1.40 bits per heavy atom. The average molecular weight is 138 g/mol. The van der Waals surface area contributed by atoms with Crippen LogP contribution in [0.25, 0.3) is 0 Å². The van der Waals surface area contributed by atoms with E-state index < -0.39 is 0 Å². The summed E-state index contributed by atoms with van der Waals surface area (Å²) < 4.78 is 0. The molecular weight excluding hydrogens is 120 g/mol. The molecule has 0 nitrogen and oxygen atoms in total. The van der Waals surface area contributed by atoms with Crippen molar-refractivity contribution < 1.29 is 0 Å². The van der Waals surface area contributed by atoms with Gasteiger partial charge in [0, 0.05) is 5.92 Å². The summed E-state index contributed by atoms with van der Waals surface area (Å²) in [5.74, 6) is 4.10. The van der Waals surface area contributed by atoms with E-state index in [9.17, 15) is 0 Å². The Labute approximate surface area is 65.0 Å². The molecule has 0 rings (SSSR count). The molecule has 0 bridgehead atoms. The molecule has 0 aromatic heterocycles. The van der Waals surface area contributed by atoms with Crippen molar-refractivity contribution >= 4 is 0 Å². The van der Waals surface area contributed by atoms with Crippen LogP contribution in [-0.4, -0.2) is 0 Å².